The van der Waals surface area contributed by atoms with Crippen LogP contribution in [0.5, 0.6) is 0 Å². The molecule has 184 valence electrons. The summed E-state index contributed by atoms with van der Waals surface area (Å²) in [7, 11) is 0. The van der Waals surface area contributed by atoms with Gasteiger partial charge >= 0.3 is 0 Å². The molecule has 0 bridgehead atoms. The molecular weight excluding hydrogens is 487 g/mol. The number of Topliss-reactive ketones (excluding diaryl/α,β-unsaturated/α-hetero) is 1. The number of nitrogens with zero attached hydrogens (tertiary/aromatic N) is 3. The van der Waals surface area contributed by atoms with E-state index in [1.165, 1.54) is 19.1 Å². The standard InChI is InChI=1S/C26H22ClFN4O4/c1-14(34)19-11-31(21-6-5-17(30-13-33)9-18(19)21)12-24(35)32-22-7-16(22)8-23(32)26(36)29-10-15-3-2-4-20(27)25(15)28/h2-6,9,11,16,22-23H,7-8,10,12H2,1H3,(H,29,36). The summed E-state index contributed by atoms with van der Waals surface area (Å²) in [4.78, 5) is 54.5. The first kappa shape index (κ1) is 23.9. The van der Waals surface area contributed by atoms with Crippen LogP contribution < -0.4 is 5.32 Å². The highest BCUT2D eigenvalue weighted by Crippen LogP contribution is 2.48. The molecule has 1 aliphatic heterocycles. The van der Waals surface area contributed by atoms with Gasteiger partial charge in [0.1, 0.15) is 18.4 Å². The summed E-state index contributed by atoms with van der Waals surface area (Å²) in [5, 5.41) is 3.30. The van der Waals surface area contributed by atoms with E-state index in [1.807, 2.05) is 0 Å². The van der Waals surface area contributed by atoms with Crippen LogP contribution in [0.4, 0.5) is 10.1 Å². The van der Waals surface area contributed by atoms with E-state index in [0.717, 1.165) is 6.42 Å². The van der Waals surface area contributed by atoms with Crippen LogP contribution in [0.1, 0.15) is 35.7 Å². The van der Waals surface area contributed by atoms with Crippen molar-refractivity contribution in [2.75, 3.05) is 0 Å². The predicted octanol–water partition coefficient (Wildman–Crippen LogP) is 3.91. The Kier molecular flexibility index (Phi) is 6.20. The summed E-state index contributed by atoms with van der Waals surface area (Å²) in [6.07, 6.45) is 4.49. The molecule has 2 amide bonds. The molecule has 1 saturated carbocycles. The number of carbonyl (C=O) groups excluding carboxylic acids is 4. The van der Waals surface area contributed by atoms with E-state index in [2.05, 4.69) is 10.3 Å². The highest BCUT2D eigenvalue weighted by atomic mass is 35.5. The second-order valence-corrected chi connectivity index (χ2v) is 9.58. The number of rotatable bonds is 7. The number of hydrogen-bond acceptors (Lipinski definition) is 5. The molecule has 1 aliphatic carbocycles. The lowest BCUT2D eigenvalue weighted by Crippen LogP contribution is -2.48. The summed E-state index contributed by atoms with van der Waals surface area (Å²) >= 11 is 5.82. The van der Waals surface area contributed by atoms with Crippen molar-refractivity contribution in [2.24, 2.45) is 10.9 Å². The smallest absolute Gasteiger partial charge is 0.243 e. The summed E-state index contributed by atoms with van der Waals surface area (Å²) in [5.74, 6) is -1.08. The number of aliphatic imine (C=N–C) groups is 1. The third-order valence-electron chi connectivity index (χ3n) is 6.90. The Morgan fingerprint density at radius 3 is 2.78 bits per heavy atom. The van der Waals surface area contributed by atoms with Crippen LogP contribution in [-0.2, 0) is 27.5 Å². The van der Waals surface area contributed by atoms with Crippen molar-refractivity contribution in [3.8, 4) is 0 Å². The average Bonchev–Trinajstić information content (AvgIpc) is 3.36. The Labute approximate surface area is 210 Å². The molecule has 2 aromatic carbocycles. The van der Waals surface area contributed by atoms with E-state index in [-0.39, 0.29) is 53.2 Å². The predicted molar refractivity (Wildman–Crippen MR) is 130 cm³/mol. The Morgan fingerprint density at radius 1 is 1.22 bits per heavy atom. The lowest BCUT2D eigenvalue weighted by molar-refractivity contribution is -0.140. The third kappa shape index (κ3) is 4.32. The molecule has 1 N–H and O–H groups in total. The van der Waals surface area contributed by atoms with Gasteiger partial charge in [0.05, 0.1) is 10.7 Å². The lowest BCUT2D eigenvalue weighted by atomic mass is 10.1. The van der Waals surface area contributed by atoms with Gasteiger partial charge in [-0.2, -0.15) is 4.99 Å². The minimum Gasteiger partial charge on any atom is -0.350 e. The van der Waals surface area contributed by atoms with Crippen molar-refractivity contribution in [3.63, 3.8) is 0 Å². The average molecular weight is 509 g/mol. The number of amides is 2. The molecular formula is C26H22ClFN4O4. The maximum Gasteiger partial charge on any atom is 0.243 e. The second kappa shape index (κ2) is 9.33. The van der Waals surface area contributed by atoms with E-state index < -0.39 is 11.9 Å². The van der Waals surface area contributed by atoms with Crippen molar-refractivity contribution in [3.05, 3.63) is 64.6 Å². The van der Waals surface area contributed by atoms with Crippen molar-refractivity contribution in [1.29, 1.82) is 0 Å². The monoisotopic (exact) mass is 508 g/mol. The SMILES string of the molecule is CC(=O)c1cn(CC(=O)N2C(C(=O)NCc3cccc(Cl)c3F)CC3CC32)c2ccc(N=C=O)cc12. The Hall–Kier alpha value is -3.81. The van der Waals surface area contributed by atoms with Crippen LogP contribution >= 0.6 is 11.6 Å². The van der Waals surface area contributed by atoms with Crippen LogP contribution in [-0.4, -0.2) is 45.2 Å². The van der Waals surface area contributed by atoms with E-state index in [9.17, 15) is 23.6 Å². The Morgan fingerprint density at radius 2 is 2.03 bits per heavy atom. The topological polar surface area (TPSA) is 101 Å². The molecule has 2 aliphatic rings. The number of halogens is 2. The number of carbonyl (C=O) groups is 3. The molecule has 3 atom stereocenters. The summed E-state index contributed by atoms with van der Waals surface area (Å²) in [6.45, 7) is 1.33. The first-order valence-corrected chi connectivity index (χ1v) is 11.9. The largest absolute Gasteiger partial charge is 0.350 e. The lowest BCUT2D eigenvalue weighted by Gasteiger charge is -2.27. The van der Waals surface area contributed by atoms with Gasteiger partial charge < -0.3 is 14.8 Å². The van der Waals surface area contributed by atoms with Gasteiger partial charge in [-0.3, -0.25) is 14.4 Å². The summed E-state index contributed by atoms with van der Waals surface area (Å²) in [5.41, 5.74) is 1.68. The van der Waals surface area contributed by atoms with Crippen LogP contribution in [0.3, 0.4) is 0 Å². The van der Waals surface area contributed by atoms with Gasteiger partial charge in [0.25, 0.3) is 0 Å². The third-order valence-corrected chi connectivity index (χ3v) is 7.20. The van der Waals surface area contributed by atoms with Gasteiger partial charge in [-0.15, -0.1) is 0 Å². The fourth-order valence-corrected chi connectivity index (χ4v) is 5.27. The first-order valence-electron chi connectivity index (χ1n) is 11.5. The van der Waals surface area contributed by atoms with Crippen molar-refractivity contribution in [2.45, 2.75) is 44.9 Å². The van der Waals surface area contributed by atoms with E-state index in [4.69, 9.17) is 11.6 Å². The van der Waals surface area contributed by atoms with Gasteiger partial charge in [0, 0.05) is 40.8 Å². The minimum absolute atomic E-state index is 0.00112. The molecule has 1 aromatic heterocycles. The Bertz CT molecular complexity index is 1460. The van der Waals surface area contributed by atoms with Crippen LogP contribution in [0, 0.1) is 11.7 Å². The molecule has 5 rings (SSSR count). The van der Waals surface area contributed by atoms with Crippen LogP contribution in [0.2, 0.25) is 5.02 Å². The number of likely N-dealkylation sites (tertiary alicyclic amines) is 1. The summed E-state index contributed by atoms with van der Waals surface area (Å²) < 4.78 is 15.9. The molecule has 10 heteroatoms. The zero-order valence-electron chi connectivity index (χ0n) is 19.3. The molecule has 0 radical (unpaired) electrons. The fraction of sp³-hybridized carbons (Fsp3) is 0.308. The number of piperidine rings is 1. The Balaban J connectivity index is 1.35. The van der Waals surface area contributed by atoms with Crippen molar-refractivity contribution < 1.29 is 23.6 Å². The molecule has 8 nitrogen and oxygen atoms in total. The molecule has 2 heterocycles. The molecule has 1 saturated heterocycles. The number of ketones is 1. The van der Waals surface area contributed by atoms with Gasteiger partial charge in [0.15, 0.2) is 5.78 Å². The van der Waals surface area contributed by atoms with Gasteiger partial charge in [0.2, 0.25) is 17.9 Å². The number of nitrogens with one attached hydrogen (secondary N) is 1. The highest BCUT2D eigenvalue weighted by molar-refractivity contribution is 6.30. The molecule has 0 spiro atoms. The number of isocyanates is 1. The van der Waals surface area contributed by atoms with Gasteiger partial charge in [-0.05, 0) is 49.9 Å². The molecule has 36 heavy (non-hydrogen) atoms. The van der Waals surface area contributed by atoms with Crippen LogP contribution in [0.15, 0.2) is 47.6 Å². The van der Waals surface area contributed by atoms with Gasteiger partial charge in [-0.1, -0.05) is 23.7 Å². The molecule has 3 aromatic rings. The normalized spacial score (nSPS) is 20.1. The quantitative estimate of drug-likeness (QED) is 0.297. The fourth-order valence-electron chi connectivity index (χ4n) is 5.08. The number of benzene rings is 2. The number of hydrogen-bond donors (Lipinski definition) is 1. The zero-order valence-corrected chi connectivity index (χ0v) is 20.1. The highest BCUT2D eigenvalue weighted by Gasteiger charge is 2.55. The van der Waals surface area contributed by atoms with Crippen molar-refractivity contribution >= 4 is 51.9 Å². The van der Waals surface area contributed by atoms with E-state index >= 15 is 0 Å². The molecule has 3 unspecified atom stereocenters. The second-order valence-electron chi connectivity index (χ2n) is 9.18. The number of aromatic nitrogens is 1. The first-order chi connectivity index (χ1) is 17.3. The van der Waals surface area contributed by atoms with Crippen LogP contribution in [0.25, 0.3) is 10.9 Å². The van der Waals surface area contributed by atoms with E-state index in [1.54, 1.807) is 46.0 Å². The minimum atomic E-state index is -0.647. The van der Waals surface area contributed by atoms with E-state index in [0.29, 0.717) is 28.6 Å². The molecule has 2 fully saturated rings. The number of fused-ring (bicyclic) bond motifs is 2. The van der Waals surface area contributed by atoms with Gasteiger partial charge in [-0.25, -0.2) is 9.18 Å². The zero-order chi connectivity index (χ0) is 25.6. The maximum absolute atomic E-state index is 14.2. The summed E-state index contributed by atoms with van der Waals surface area (Å²) in [6, 6.07) is 8.85. The maximum atomic E-state index is 14.2. The van der Waals surface area contributed by atoms with Crippen molar-refractivity contribution in [1.82, 2.24) is 14.8 Å².